The van der Waals surface area contributed by atoms with Gasteiger partial charge in [0.15, 0.2) is 0 Å². The molecular weight excluding hydrogens is 266 g/mol. The van der Waals surface area contributed by atoms with E-state index in [-0.39, 0.29) is 6.61 Å². The average molecular weight is 283 g/mol. The molecular formula is C17H17NO3. The van der Waals surface area contributed by atoms with Gasteiger partial charge in [-0.15, -0.1) is 0 Å². The van der Waals surface area contributed by atoms with E-state index in [9.17, 15) is 0 Å². The summed E-state index contributed by atoms with van der Waals surface area (Å²) in [4.78, 5) is 0. The Bertz CT molecular complexity index is 602. The van der Waals surface area contributed by atoms with Crippen LogP contribution in [0.15, 0.2) is 48.5 Å². The van der Waals surface area contributed by atoms with Crippen LogP contribution in [0.3, 0.4) is 0 Å². The maximum absolute atomic E-state index is 8.94. The second-order valence-electron chi connectivity index (χ2n) is 4.42. The number of aliphatic hydroxyl groups is 1. The molecule has 0 heterocycles. The van der Waals surface area contributed by atoms with Crippen molar-refractivity contribution in [3.8, 4) is 17.6 Å². The number of aliphatic hydroxyl groups excluding tert-OH is 1. The van der Waals surface area contributed by atoms with Crippen LogP contribution in [0.4, 0.5) is 0 Å². The number of ether oxygens (including phenoxy) is 2. The Kier molecular flexibility index (Phi) is 5.62. The van der Waals surface area contributed by atoms with Crippen LogP contribution >= 0.6 is 0 Å². The van der Waals surface area contributed by atoms with Crippen LogP contribution < -0.4 is 9.47 Å². The molecule has 0 aromatic heterocycles. The highest BCUT2D eigenvalue weighted by atomic mass is 16.5. The van der Waals surface area contributed by atoms with E-state index < -0.39 is 0 Å². The number of nitriles is 1. The van der Waals surface area contributed by atoms with Crippen molar-refractivity contribution < 1.29 is 14.6 Å². The Morgan fingerprint density at radius 3 is 2.38 bits per heavy atom. The largest absolute Gasteiger partial charge is 0.490 e. The van der Waals surface area contributed by atoms with Gasteiger partial charge in [0.2, 0.25) is 0 Å². The first-order valence-corrected chi connectivity index (χ1v) is 6.78. The highest BCUT2D eigenvalue weighted by molar-refractivity contribution is 5.42. The van der Waals surface area contributed by atoms with Gasteiger partial charge in [0.25, 0.3) is 0 Å². The van der Waals surface area contributed by atoms with Crippen molar-refractivity contribution in [1.29, 1.82) is 5.26 Å². The van der Waals surface area contributed by atoms with E-state index in [1.54, 1.807) is 18.2 Å². The third-order valence-electron chi connectivity index (χ3n) is 2.94. The van der Waals surface area contributed by atoms with Gasteiger partial charge in [0.05, 0.1) is 5.56 Å². The molecule has 2 aromatic rings. The van der Waals surface area contributed by atoms with E-state index in [0.717, 1.165) is 11.3 Å². The Hall–Kier alpha value is -2.51. The fourth-order valence-corrected chi connectivity index (χ4v) is 1.88. The van der Waals surface area contributed by atoms with Crippen molar-refractivity contribution in [1.82, 2.24) is 0 Å². The number of rotatable bonds is 7. The monoisotopic (exact) mass is 283 g/mol. The number of benzene rings is 2. The van der Waals surface area contributed by atoms with Gasteiger partial charge < -0.3 is 14.6 Å². The van der Waals surface area contributed by atoms with Gasteiger partial charge in [-0.3, -0.25) is 0 Å². The molecule has 0 unspecified atom stereocenters. The van der Waals surface area contributed by atoms with Gasteiger partial charge in [-0.2, -0.15) is 5.26 Å². The van der Waals surface area contributed by atoms with E-state index in [1.165, 1.54) is 0 Å². The Morgan fingerprint density at radius 2 is 1.67 bits per heavy atom. The molecule has 0 bridgehead atoms. The molecule has 0 fully saturated rings. The maximum Gasteiger partial charge on any atom is 0.137 e. The van der Waals surface area contributed by atoms with Crippen molar-refractivity contribution in [3.63, 3.8) is 0 Å². The summed E-state index contributed by atoms with van der Waals surface area (Å²) in [5, 5.41) is 17.8. The van der Waals surface area contributed by atoms with Gasteiger partial charge >= 0.3 is 0 Å². The van der Waals surface area contributed by atoms with Crippen molar-refractivity contribution in [2.75, 3.05) is 19.8 Å². The molecule has 0 saturated heterocycles. The van der Waals surface area contributed by atoms with Crippen molar-refractivity contribution >= 4 is 0 Å². The molecule has 0 spiro atoms. The van der Waals surface area contributed by atoms with Crippen molar-refractivity contribution in [3.05, 3.63) is 59.7 Å². The molecule has 4 nitrogen and oxygen atoms in total. The molecule has 2 rings (SSSR count). The van der Waals surface area contributed by atoms with Gasteiger partial charge in [0.1, 0.15) is 30.8 Å². The molecule has 0 saturated carbocycles. The van der Waals surface area contributed by atoms with Gasteiger partial charge in [0, 0.05) is 6.61 Å². The lowest BCUT2D eigenvalue weighted by atomic mass is 10.1. The highest BCUT2D eigenvalue weighted by Crippen LogP contribution is 2.17. The lowest BCUT2D eigenvalue weighted by molar-refractivity contribution is 0.216. The van der Waals surface area contributed by atoms with Crippen LogP contribution in [0.1, 0.15) is 11.1 Å². The van der Waals surface area contributed by atoms with Crippen LogP contribution in [0, 0.1) is 11.3 Å². The molecule has 108 valence electrons. The predicted molar refractivity (Wildman–Crippen MR) is 79.4 cm³/mol. The SMILES string of the molecule is N#Cc1ccccc1OCCOc1ccc(CCO)cc1. The van der Waals surface area contributed by atoms with Crippen LogP contribution in [-0.4, -0.2) is 24.9 Å². The number of hydrogen-bond acceptors (Lipinski definition) is 4. The van der Waals surface area contributed by atoms with Gasteiger partial charge in [-0.1, -0.05) is 24.3 Å². The third kappa shape index (κ3) is 4.51. The molecule has 2 aromatic carbocycles. The van der Waals surface area contributed by atoms with Crippen molar-refractivity contribution in [2.24, 2.45) is 0 Å². The zero-order valence-corrected chi connectivity index (χ0v) is 11.7. The highest BCUT2D eigenvalue weighted by Gasteiger charge is 2.01. The summed E-state index contributed by atoms with van der Waals surface area (Å²) in [5.41, 5.74) is 1.59. The summed E-state index contributed by atoms with van der Waals surface area (Å²) in [5.74, 6) is 1.33. The smallest absolute Gasteiger partial charge is 0.137 e. The topological polar surface area (TPSA) is 62.5 Å². The molecule has 0 atom stereocenters. The molecule has 1 N–H and O–H groups in total. The van der Waals surface area contributed by atoms with Crippen LogP contribution in [0.5, 0.6) is 11.5 Å². The molecule has 4 heteroatoms. The summed E-state index contributed by atoms with van der Waals surface area (Å²) >= 11 is 0. The molecule has 0 radical (unpaired) electrons. The first kappa shape index (κ1) is 14.9. The summed E-state index contributed by atoms with van der Waals surface area (Å²) in [6, 6.07) is 16.8. The lowest BCUT2D eigenvalue weighted by Gasteiger charge is -2.09. The quantitative estimate of drug-likeness (QED) is 0.793. The molecule has 0 amide bonds. The second kappa shape index (κ2) is 7.93. The molecule has 21 heavy (non-hydrogen) atoms. The fourth-order valence-electron chi connectivity index (χ4n) is 1.88. The van der Waals surface area contributed by atoms with Gasteiger partial charge in [-0.25, -0.2) is 0 Å². The zero-order chi connectivity index (χ0) is 14.9. The first-order chi connectivity index (χ1) is 10.3. The van der Waals surface area contributed by atoms with Crippen LogP contribution in [0.25, 0.3) is 0 Å². The fraction of sp³-hybridized carbons (Fsp3) is 0.235. The number of para-hydroxylation sites is 1. The minimum absolute atomic E-state index is 0.145. The van der Waals surface area contributed by atoms with E-state index >= 15 is 0 Å². The maximum atomic E-state index is 8.94. The van der Waals surface area contributed by atoms with Crippen LogP contribution in [-0.2, 0) is 6.42 Å². The predicted octanol–water partition coefficient (Wildman–Crippen LogP) is 2.55. The summed E-state index contributed by atoms with van der Waals surface area (Å²) in [7, 11) is 0. The summed E-state index contributed by atoms with van der Waals surface area (Å²) in [6.45, 7) is 0.919. The Morgan fingerprint density at radius 1 is 0.952 bits per heavy atom. The van der Waals surface area contributed by atoms with Gasteiger partial charge in [-0.05, 0) is 36.2 Å². The Labute approximate surface area is 124 Å². The lowest BCUT2D eigenvalue weighted by Crippen LogP contribution is -2.09. The molecule has 0 aliphatic heterocycles. The number of nitrogens with zero attached hydrogens (tertiary/aromatic N) is 1. The normalized spacial score (nSPS) is 9.90. The Balaban J connectivity index is 1.78. The molecule has 0 aliphatic carbocycles. The van der Waals surface area contributed by atoms with Crippen LogP contribution in [0.2, 0.25) is 0 Å². The summed E-state index contributed by atoms with van der Waals surface area (Å²) in [6.07, 6.45) is 0.647. The molecule has 0 aliphatic rings. The van der Waals surface area contributed by atoms with E-state index in [2.05, 4.69) is 6.07 Å². The zero-order valence-electron chi connectivity index (χ0n) is 11.7. The third-order valence-corrected chi connectivity index (χ3v) is 2.94. The van der Waals surface area contributed by atoms with Crippen molar-refractivity contribution in [2.45, 2.75) is 6.42 Å². The minimum Gasteiger partial charge on any atom is -0.490 e. The number of hydrogen-bond donors (Lipinski definition) is 1. The first-order valence-electron chi connectivity index (χ1n) is 6.78. The standard InChI is InChI=1S/C17H17NO3/c18-13-15-3-1-2-4-17(15)21-12-11-20-16-7-5-14(6-8-16)9-10-19/h1-8,19H,9-12H2. The second-order valence-corrected chi connectivity index (χ2v) is 4.42. The average Bonchev–Trinajstić information content (AvgIpc) is 2.54. The minimum atomic E-state index is 0.145. The van der Waals surface area contributed by atoms with E-state index in [4.69, 9.17) is 19.8 Å². The summed E-state index contributed by atoms with van der Waals surface area (Å²) < 4.78 is 11.1. The van der Waals surface area contributed by atoms with E-state index in [0.29, 0.717) is 30.9 Å². The van der Waals surface area contributed by atoms with E-state index in [1.807, 2.05) is 30.3 Å².